The normalized spacial score (nSPS) is 27.3. The molecule has 5 atom stereocenters. The second-order valence-electron chi connectivity index (χ2n) is 10.3. The van der Waals surface area contributed by atoms with Gasteiger partial charge in [-0.25, -0.2) is 9.52 Å². The van der Waals surface area contributed by atoms with Crippen molar-refractivity contribution in [1.29, 1.82) is 0 Å². The summed E-state index contributed by atoms with van der Waals surface area (Å²) in [5, 5.41) is 11.7. The average Bonchev–Trinajstić information content (AvgIpc) is 3.11. The summed E-state index contributed by atoms with van der Waals surface area (Å²) < 4.78 is 54.3. The minimum Gasteiger partial charge on any atom is -0.444 e. The Morgan fingerprint density at radius 2 is 1.71 bits per heavy atom. The third kappa shape index (κ3) is 8.61. The van der Waals surface area contributed by atoms with Gasteiger partial charge in [0.05, 0.1) is 12.7 Å². The Kier molecular flexibility index (Phi) is 9.33. The quantitative estimate of drug-likeness (QED) is 0.387. The fraction of sp³-hybridized carbons (Fsp3) is 0.905. The fourth-order valence-corrected chi connectivity index (χ4v) is 4.56. The Hall–Kier alpha value is -1.51. The van der Waals surface area contributed by atoms with Gasteiger partial charge >= 0.3 is 16.4 Å². The number of nitrogens with one attached hydrogen (secondary N) is 2. The molecule has 0 spiro atoms. The van der Waals surface area contributed by atoms with Crippen molar-refractivity contribution in [2.24, 2.45) is 5.92 Å². The van der Waals surface area contributed by atoms with Crippen molar-refractivity contribution in [3.05, 3.63) is 0 Å². The molecule has 2 saturated heterocycles. The number of alkyl carbamates (subject to hydrolysis) is 1. The summed E-state index contributed by atoms with van der Waals surface area (Å²) in [5.74, 6) is -1.87. The number of aliphatic hydroxyl groups is 1. The molecule has 13 heteroatoms. The predicted octanol–water partition coefficient (Wildman–Crippen LogP) is 0.973. The van der Waals surface area contributed by atoms with Gasteiger partial charge in [0.25, 0.3) is 5.91 Å². The lowest BCUT2D eigenvalue weighted by molar-refractivity contribution is -0.190. The second kappa shape index (κ2) is 11.0. The SMILES string of the molecule is CC(C)CC(NC(=O)OC(C)(C)C)C(=O)NS(=O)(=O)OCC1OC(CCO)C2OC(C)(C)OC12. The molecular formula is C21H38N2O10S. The number of rotatable bonds is 10. The van der Waals surface area contributed by atoms with Crippen molar-refractivity contribution >= 4 is 22.3 Å². The molecule has 2 aliphatic rings. The Morgan fingerprint density at radius 3 is 2.24 bits per heavy atom. The van der Waals surface area contributed by atoms with Crippen LogP contribution in [0.2, 0.25) is 0 Å². The molecule has 5 unspecified atom stereocenters. The maximum atomic E-state index is 12.7. The molecule has 3 N–H and O–H groups in total. The van der Waals surface area contributed by atoms with Gasteiger partial charge in [-0.05, 0) is 53.4 Å². The summed E-state index contributed by atoms with van der Waals surface area (Å²) in [6, 6.07) is -1.15. The zero-order valence-corrected chi connectivity index (χ0v) is 21.6. The van der Waals surface area contributed by atoms with Crippen LogP contribution in [0.5, 0.6) is 0 Å². The van der Waals surface area contributed by atoms with Crippen molar-refractivity contribution < 1.29 is 46.2 Å². The third-order valence-corrected chi connectivity index (χ3v) is 5.88. The van der Waals surface area contributed by atoms with Crippen molar-refractivity contribution in [2.75, 3.05) is 13.2 Å². The van der Waals surface area contributed by atoms with E-state index in [1.54, 1.807) is 34.6 Å². The molecule has 2 fully saturated rings. The van der Waals surface area contributed by atoms with Crippen LogP contribution in [-0.4, -0.2) is 80.6 Å². The van der Waals surface area contributed by atoms with Crippen molar-refractivity contribution in [3.8, 4) is 0 Å². The highest BCUT2D eigenvalue weighted by molar-refractivity contribution is 7.85. The maximum Gasteiger partial charge on any atom is 0.408 e. The van der Waals surface area contributed by atoms with Crippen LogP contribution in [0.15, 0.2) is 0 Å². The minimum absolute atomic E-state index is 0.0236. The van der Waals surface area contributed by atoms with E-state index in [0.717, 1.165) is 0 Å². The number of amides is 2. The average molecular weight is 511 g/mol. The molecule has 0 aromatic heterocycles. The maximum absolute atomic E-state index is 12.7. The van der Waals surface area contributed by atoms with E-state index in [0.29, 0.717) is 0 Å². The number of hydrogen-bond acceptors (Lipinski definition) is 10. The highest BCUT2D eigenvalue weighted by atomic mass is 32.2. The van der Waals surface area contributed by atoms with Crippen LogP contribution < -0.4 is 10.0 Å². The molecule has 0 aromatic carbocycles. The first-order valence-electron chi connectivity index (χ1n) is 11.3. The fourth-order valence-electron chi connectivity index (χ4n) is 3.80. The van der Waals surface area contributed by atoms with Crippen LogP contribution in [-0.2, 0) is 38.2 Å². The summed E-state index contributed by atoms with van der Waals surface area (Å²) >= 11 is 0. The number of carbonyl (C=O) groups excluding carboxylic acids is 2. The molecule has 2 rings (SSSR count). The van der Waals surface area contributed by atoms with E-state index < -0.39 is 70.8 Å². The number of fused-ring (bicyclic) bond motifs is 1. The second-order valence-corrected chi connectivity index (χ2v) is 11.7. The standard InChI is InChI=1S/C21H38N2O10S/c1-12(2)10-13(22-19(26)33-20(3,4)5)18(25)23-34(27,28)29-11-15-17-16(14(30-15)8-9-24)31-21(6,7)32-17/h12-17,24H,8-11H2,1-7H3,(H,22,26)(H,23,25). The lowest BCUT2D eigenvalue weighted by Gasteiger charge is -2.24. The smallest absolute Gasteiger partial charge is 0.408 e. The van der Waals surface area contributed by atoms with Gasteiger partial charge in [0.1, 0.15) is 30.0 Å². The van der Waals surface area contributed by atoms with Gasteiger partial charge in [-0.15, -0.1) is 0 Å². The molecule has 2 heterocycles. The van der Waals surface area contributed by atoms with E-state index in [2.05, 4.69) is 5.32 Å². The first kappa shape index (κ1) is 28.7. The van der Waals surface area contributed by atoms with E-state index in [9.17, 15) is 23.1 Å². The van der Waals surface area contributed by atoms with Crippen LogP contribution in [0, 0.1) is 5.92 Å². The first-order valence-corrected chi connectivity index (χ1v) is 12.7. The molecule has 0 aliphatic carbocycles. The lowest BCUT2D eigenvalue weighted by Crippen LogP contribution is -2.50. The van der Waals surface area contributed by atoms with Gasteiger partial charge in [0, 0.05) is 6.61 Å². The van der Waals surface area contributed by atoms with Gasteiger partial charge in [-0.1, -0.05) is 13.8 Å². The molecule has 2 aliphatic heterocycles. The van der Waals surface area contributed by atoms with E-state index in [1.165, 1.54) is 0 Å². The molecule has 198 valence electrons. The monoisotopic (exact) mass is 510 g/mol. The molecule has 0 saturated carbocycles. The minimum atomic E-state index is -4.52. The Morgan fingerprint density at radius 1 is 1.12 bits per heavy atom. The summed E-state index contributed by atoms with van der Waals surface area (Å²) in [7, 11) is -4.52. The van der Waals surface area contributed by atoms with Crippen molar-refractivity contribution in [1.82, 2.24) is 10.0 Å². The van der Waals surface area contributed by atoms with Crippen LogP contribution in [0.4, 0.5) is 4.79 Å². The molecule has 12 nitrogen and oxygen atoms in total. The molecule has 0 bridgehead atoms. The molecule has 0 aromatic rings. The van der Waals surface area contributed by atoms with E-state index in [-0.39, 0.29) is 25.4 Å². The lowest BCUT2D eigenvalue weighted by atomic mass is 10.0. The Labute approximate surface area is 201 Å². The summed E-state index contributed by atoms with van der Waals surface area (Å²) in [4.78, 5) is 24.8. The first-order chi connectivity index (χ1) is 15.5. The summed E-state index contributed by atoms with van der Waals surface area (Å²) in [6.07, 6.45) is -2.74. The largest absolute Gasteiger partial charge is 0.444 e. The zero-order valence-electron chi connectivity index (χ0n) is 20.8. The van der Waals surface area contributed by atoms with Gasteiger partial charge in [-0.3, -0.25) is 8.98 Å². The summed E-state index contributed by atoms with van der Waals surface area (Å²) in [5.41, 5.74) is -0.786. The Bertz CT molecular complexity index is 824. The van der Waals surface area contributed by atoms with Crippen molar-refractivity contribution in [3.63, 3.8) is 0 Å². The van der Waals surface area contributed by atoms with E-state index in [1.807, 2.05) is 18.6 Å². The van der Waals surface area contributed by atoms with Gasteiger partial charge in [-0.2, -0.15) is 8.42 Å². The Balaban J connectivity index is 1.99. The third-order valence-electron chi connectivity index (χ3n) is 4.99. The van der Waals surface area contributed by atoms with E-state index in [4.69, 9.17) is 23.1 Å². The van der Waals surface area contributed by atoms with Gasteiger partial charge in [0.2, 0.25) is 0 Å². The zero-order chi connectivity index (χ0) is 25.9. The van der Waals surface area contributed by atoms with Gasteiger partial charge in [0.15, 0.2) is 5.79 Å². The topological polar surface area (TPSA) is 159 Å². The highest BCUT2D eigenvalue weighted by Crippen LogP contribution is 2.39. The highest BCUT2D eigenvalue weighted by Gasteiger charge is 2.55. The van der Waals surface area contributed by atoms with Gasteiger partial charge < -0.3 is 29.4 Å². The predicted molar refractivity (Wildman–Crippen MR) is 120 cm³/mol. The molecule has 2 amide bonds. The number of ether oxygens (including phenoxy) is 4. The van der Waals surface area contributed by atoms with Crippen LogP contribution >= 0.6 is 0 Å². The van der Waals surface area contributed by atoms with Crippen LogP contribution in [0.1, 0.15) is 61.3 Å². The number of aliphatic hydroxyl groups excluding tert-OH is 1. The number of hydrogen-bond donors (Lipinski definition) is 3. The molecule has 34 heavy (non-hydrogen) atoms. The van der Waals surface area contributed by atoms with E-state index >= 15 is 0 Å². The summed E-state index contributed by atoms with van der Waals surface area (Å²) in [6.45, 7) is 11.5. The molecule has 0 radical (unpaired) electrons. The number of carbonyl (C=O) groups is 2. The van der Waals surface area contributed by atoms with Crippen LogP contribution in [0.3, 0.4) is 0 Å². The van der Waals surface area contributed by atoms with Crippen LogP contribution in [0.25, 0.3) is 0 Å². The van der Waals surface area contributed by atoms with Crippen molar-refractivity contribution in [2.45, 2.75) is 103 Å². The molecular weight excluding hydrogens is 472 g/mol.